The van der Waals surface area contributed by atoms with Crippen LogP contribution < -0.4 is 10.6 Å². The van der Waals surface area contributed by atoms with Crippen molar-refractivity contribution in [2.45, 2.75) is 50.7 Å². The highest BCUT2D eigenvalue weighted by atomic mass is 32.2. The van der Waals surface area contributed by atoms with Crippen molar-refractivity contribution in [2.75, 3.05) is 12.3 Å². The lowest BCUT2D eigenvalue weighted by molar-refractivity contribution is -0.268. The molecule has 2 aromatic carbocycles. The number of aromatic nitrogens is 2. The molecule has 0 spiro atoms. The van der Waals surface area contributed by atoms with Crippen molar-refractivity contribution in [3.8, 4) is 0 Å². The van der Waals surface area contributed by atoms with Gasteiger partial charge in [0, 0.05) is 42.7 Å². The van der Waals surface area contributed by atoms with Crippen LogP contribution in [0, 0.1) is 5.92 Å². The molecule has 9 heteroatoms. The van der Waals surface area contributed by atoms with Gasteiger partial charge in [-0.2, -0.15) is 0 Å². The number of urea groups is 1. The van der Waals surface area contributed by atoms with Gasteiger partial charge in [0.25, 0.3) is 0 Å². The minimum Gasteiger partial charge on any atom is -0.392 e. The zero-order valence-corrected chi connectivity index (χ0v) is 21.3. The van der Waals surface area contributed by atoms with Crippen LogP contribution in [-0.2, 0) is 22.6 Å². The van der Waals surface area contributed by atoms with Gasteiger partial charge in [0.2, 0.25) is 0 Å². The first-order valence-corrected chi connectivity index (χ1v) is 13.1. The Bertz CT molecular complexity index is 1100. The highest BCUT2D eigenvalue weighted by Crippen LogP contribution is 2.42. The van der Waals surface area contributed by atoms with Crippen molar-refractivity contribution in [3.05, 3.63) is 89.2 Å². The molecule has 4 atom stereocenters. The second-order valence-corrected chi connectivity index (χ2v) is 9.61. The van der Waals surface area contributed by atoms with Gasteiger partial charge in [-0.15, -0.1) is 0 Å². The van der Waals surface area contributed by atoms with Crippen LogP contribution in [0.15, 0.2) is 72.1 Å². The SMILES string of the molecule is CCNC(=O)NCc1ccc([C@@H]2O[C@H](CSc3ncccn3)[C@H](C)[C@H](c3ccc(CO)cc3)O2)cc1. The second-order valence-electron chi connectivity index (χ2n) is 8.62. The normalized spacial score (nSPS) is 21.6. The maximum absolute atomic E-state index is 11.7. The van der Waals surface area contributed by atoms with Gasteiger partial charge in [-0.3, -0.25) is 0 Å². The summed E-state index contributed by atoms with van der Waals surface area (Å²) < 4.78 is 12.9. The summed E-state index contributed by atoms with van der Waals surface area (Å²) in [6.07, 6.45) is 2.65. The summed E-state index contributed by atoms with van der Waals surface area (Å²) in [6.45, 7) is 5.04. The van der Waals surface area contributed by atoms with Gasteiger partial charge in [0.1, 0.15) is 0 Å². The number of hydrogen-bond acceptors (Lipinski definition) is 7. The number of thioether (sulfide) groups is 1. The first-order valence-electron chi connectivity index (χ1n) is 12.1. The van der Waals surface area contributed by atoms with Gasteiger partial charge < -0.3 is 25.2 Å². The highest BCUT2D eigenvalue weighted by Gasteiger charge is 2.38. The van der Waals surface area contributed by atoms with Crippen molar-refractivity contribution in [1.29, 1.82) is 0 Å². The lowest BCUT2D eigenvalue weighted by Crippen LogP contribution is -2.38. The van der Waals surface area contributed by atoms with E-state index in [0.717, 1.165) is 22.3 Å². The van der Waals surface area contributed by atoms with E-state index in [1.807, 2.05) is 55.5 Å². The van der Waals surface area contributed by atoms with Gasteiger partial charge in [0.05, 0.1) is 18.8 Å². The van der Waals surface area contributed by atoms with Gasteiger partial charge in [0.15, 0.2) is 11.4 Å². The number of nitrogens with one attached hydrogen (secondary N) is 2. The van der Waals surface area contributed by atoms with Crippen LogP contribution >= 0.6 is 11.8 Å². The monoisotopic (exact) mass is 508 g/mol. The van der Waals surface area contributed by atoms with E-state index >= 15 is 0 Å². The number of carbonyl (C=O) groups excluding carboxylic acids is 1. The van der Waals surface area contributed by atoms with Gasteiger partial charge >= 0.3 is 6.03 Å². The standard InChI is InChI=1S/C27H32N4O4S/c1-3-28-26(33)31-15-19-5-11-22(12-6-19)25-34-23(17-36-27-29-13-4-14-30-27)18(2)24(35-25)21-9-7-20(16-32)8-10-21/h4-14,18,23-25,32H,3,15-17H2,1-2H3,(H2,28,31,33)/t18-,23+,24+,25+/m0/s1. The molecule has 1 saturated heterocycles. The fourth-order valence-electron chi connectivity index (χ4n) is 4.02. The van der Waals surface area contributed by atoms with Crippen LogP contribution in [0.3, 0.4) is 0 Å². The molecule has 2 amide bonds. The highest BCUT2D eigenvalue weighted by molar-refractivity contribution is 7.99. The molecule has 1 fully saturated rings. The van der Waals surface area contributed by atoms with Crippen molar-refractivity contribution >= 4 is 17.8 Å². The number of amides is 2. The molecule has 0 aliphatic carbocycles. The fourth-order valence-corrected chi connectivity index (χ4v) is 4.99. The van der Waals surface area contributed by atoms with Crippen LogP contribution in [0.5, 0.6) is 0 Å². The minimum atomic E-state index is -0.545. The zero-order chi connectivity index (χ0) is 25.3. The number of nitrogens with zero attached hydrogens (tertiary/aromatic N) is 2. The molecule has 0 saturated carbocycles. The fraction of sp³-hybridized carbons (Fsp3) is 0.370. The number of aliphatic hydroxyl groups excluding tert-OH is 1. The third-order valence-electron chi connectivity index (χ3n) is 6.08. The summed E-state index contributed by atoms with van der Waals surface area (Å²) in [5.74, 6) is 0.767. The van der Waals surface area contributed by atoms with Crippen LogP contribution in [-0.4, -0.2) is 39.5 Å². The molecule has 1 aliphatic rings. The van der Waals surface area contributed by atoms with Gasteiger partial charge in [-0.05, 0) is 29.7 Å². The molecular formula is C27H32N4O4S. The molecule has 2 heterocycles. The molecule has 0 bridgehead atoms. The van der Waals surface area contributed by atoms with E-state index in [-0.39, 0.29) is 30.8 Å². The molecule has 4 rings (SSSR count). The Morgan fingerprint density at radius 2 is 1.64 bits per heavy atom. The number of rotatable bonds is 9. The number of hydrogen-bond donors (Lipinski definition) is 3. The lowest BCUT2D eigenvalue weighted by Gasteiger charge is -2.41. The number of carbonyl (C=O) groups is 1. The maximum Gasteiger partial charge on any atom is 0.315 e. The van der Waals surface area contributed by atoms with E-state index in [2.05, 4.69) is 27.5 Å². The Labute approximate surface area is 215 Å². The number of benzene rings is 2. The molecule has 8 nitrogen and oxygen atoms in total. The van der Waals surface area contributed by atoms with Crippen molar-refractivity contribution in [2.24, 2.45) is 5.92 Å². The summed E-state index contributed by atoms with van der Waals surface area (Å²) in [5, 5.41) is 15.7. The van der Waals surface area contributed by atoms with Crippen molar-refractivity contribution < 1.29 is 19.4 Å². The van der Waals surface area contributed by atoms with Gasteiger partial charge in [-0.1, -0.05) is 67.2 Å². The summed E-state index contributed by atoms with van der Waals surface area (Å²) in [7, 11) is 0. The average molecular weight is 509 g/mol. The summed E-state index contributed by atoms with van der Waals surface area (Å²) in [5.41, 5.74) is 3.80. The molecule has 0 radical (unpaired) electrons. The predicted octanol–water partition coefficient (Wildman–Crippen LogP) is 4.37. The molecule has 1 aromatic heterocycles. The Morgan fingerprint density at radius 1 is 0.972 bits per heavy atom. The smallest absolute Gasteiger partial charge is 0.315 e. The van der Waals surface area contributed by atoms with E-state index < -0.39 is 6.29 Å². The van der Waals surface area contributed by atoms with Crippen LogP contribution in [0.4, 0.5) is 4.79 Å². The van der Waals surface area contributed by atoms with E-state index in [0.29, 0.717) is 24.0 Å². The topological polar surface area (TPSA) is 106 Å². The first-order chi connectivity index (χ1) is 17.6. The predicted molar refractivity (Wildman–Crippen MR) is 138 cm³/mol. The molecule has 3 aromatic rings. The maximum atomic E-state index is 11.7. The Kier molecular flexibility index (Phi) is 9.29. The largest absolute Gasteiger partial charge is 0.392 e. The van der Waals surface area contributed by atoms with Crippen LogP contribution in [0.2, 0.25) is 0 Å². The van der Waals surface area contributed by atoms with E-state index in [1.54, 1.807) is 30.2 Å². The van der Waals surface area contributed by atoms with E-state index in [9.17, 15) is 9.90 Å². The zero-order valence-electron chi connectivity index (χ0n) is 20.5. The van der Waals surface area contributed by atoms with Crippen LogP contribution in [0.1, 0.15) is 48.5 Å². The summed E-state index contributed by atoms with van der Waals surface area (Å²) in [6, 6.07) is 17.4. The number of ether oxygens (including phenoxy) is 2. The summed E-state index contributed by atoms with van der Waals surface area (Å²) in [4.78, 5) is 20.3. The Hall–Kier alpha value is -2.98. The molecule has 1 aliphatic heterocycles. The van der Waals surface area contributed by atoms with E-state index in [4.69, 9.17) is 9.47 Å². The minimum absolute atomic E-state index is 0.00471. The first kappa shape index (κ1) is 26.1. The van der Waals surface area contributed by atoms with Crippen LogP contribution in [0.25, 0.3) is 0 Å². The van der Waals surface area contributed by atoms with Crippen molar-refractivity contribution in [3.63, 3.8) is 0 Å². The average Bonchev–Trinajstić information content (AvgIpc) is 2.92. The lowest BCUT2D eigenvalue weighted by atomic mass is 9.91. The third kappa shape index (κ3) is 6.82. The molecular weight excluding hydrogens is 476 g/mol. The molecule has 3 N–H and O–H groups in total. The van der Waals surface area contributed by atoms with E-state index in [1.165, 1.54) is 0 Å². The third-order valence-corrected chi connectivity index (χ3v) is 7.05. The molecule has 36 heavy (non-hydrogen) atoms. The molecule has 190 valence electrons. The summed E-state index contributed by atoms with van der Waals surface area (Å²) >= 11 is 1.56. The molecule has 0 unspecified atom stereocenters. The van der Waals surface area contributed by atoms with Crippen molar-refractivity contribution in [1.82, 2.24) is 20.6 Å². The Morgan fingerprint density at radius 3 is 2.31 bits per heavy atom. The second kappa shape index (κ2) is 12.8. The number of aliphatic hydroxyl groups is 1. The quantitative estimate of drug-likeness (QED) is 0.291. The Balaban J connectivity index is 1.50. The van der Waals surface area contributed by atoms with Gasteiger partial charge in [-0.25, -0.2) is 14.8 Å².